The smallest absolute Gasteiger partial charge is 0.0846 e. The van der Waals surface area contributed by atoms with Crippen LogP contribution in [-0.4, -0.2) is 32.2 Å². The van der Waals surface area contributed by atoms with Crippen LogP contribution in [0.4, 0.5) is 0 Å². The fourth-order valence-corrected chi connectivity index (χ4v) is 1.87. The fraction of sp³-hybridized carbons (Fsp3) is 0.800. The summed E-state index contributed by atoms with van der Waals surface area (Å²) in [5.74, 6) is 0.801. The molecule has 0 heterocycles. The number of halogens is 1. The molecule has 1 nitrogen and oxygen atoms in total. The Morgan fingerprint density at radius 2 is 2.00 bits per heavy atom. The summed E-state index contributed by atoms with van der Waals surface area (Å²) in [5, 5.41) is 0. The van der Waals surface area contributed by atoms with E-state index in [1.165, 1.54) is 31.4 Å². The molecule has 1 rings (SSSR count). The fourth-order valence-electron chi connectivity index (χ4n) is 1.87. The first-order valence-electron chi connectivity index (χ1n) is 4.47. The Balaban J connectivity index is 0.00000121. The van der Waals surface area contributed by atoms with Crippen LogP contribution < -0.4 is 24.0 Å². The van der Waals surface area contributed by atoms with Gasteiger partial charge in [-0.1, -0.05) is 12.2 Å². The first kappa shape index (κ1) is 12.4. The van der Waals surface area contributed by atoms with E-state index in [9.17, 15) is 0 Å². The minimum absolute atomic E-state index is 0. The van der Waals surface area contributed by atoms with Gasteiger partial charge in [0.2, 0.25) is 0 Å². The van der Waals surface area contributed by atoms with E-state index in [0.29, 0.717) is 0 Å². The van der Waals surface area contributed by atoms with Gasteiger partial charge in [-0.15, -0.1) is 0 Å². The SMILES string of the molecule is C=C1CCCC1C[N+](C)(C)C.[I-]. The van der Waals surface area contributed by atoms with Crippen molar-refractivity contribution < 1.29 is 28.5 Å². The topological polar surface area (TPSA) is 0 Å². The van der Waals surface area contributed by atoms with Crippen molar-refractivity contribution in [3.8, 4) is 0 Å². The van der Waals surface area contributed by atoms with Gasteiger partial charge in [0, 0.05) is 5.92 Å². The molecule has 72 valence electrons. The van der Waals surface area contributed by atoms with Crippen molar-refractivity contribution in [2.75, 3.05) is 27.7 Å². The predicted molar refractivity (Wildman–Crippen MR) is 49.4 cm³/mol. The van der Waals surface area contributed by atoms with Crippen LogP contribution in [0.25, 0.3) is 0 Å². The zero-order valence-electron chi connectivity index (χ0n) is 8.44. The molecular formula is C10H20IN. The second-order valence-electron chi connectivity index (χ2n) is 4.72. The number of quaternary nitrogens is 1. The lowest BCUT2D eigenvalue weighted by molar-refractivity contribution is -0.873. The summed E-state index contributed by atoms with van der Waals surface area (Å²) in [6, 6.07) is 0. The molecule has 0 saturated heterocycles. The lowest BCUT2D eigenvalue weighted by Gasteiger charge is -2.27. The van der Waals surface area contributed by atoms with Gasteiger partial charge in [-0.05, 0) is 19.3 Å². The quantitative estimate of drug-likeness (QED) is 0.348. The minimum Gasteiger partial charge on any atom is -1.00 e. The molecule has 0 amide bonds. The summed E-state index contributed by atoms with van der Waals surface area (Å²) in [5.41, 5.74) is 1.48. The Kier molecular flexibility index (Phi) is 4.77. The summed E-state index contributed by atoms with van der Waals surface area (Å²) in [6.07, 6.45) is 4.00. The highest BCUT2D eigenvalue weighted by atomic mass is 127. The zero-order valence-corrected chi connectivity index (χ0v) is 10.6. The lowest BCUT2D eigenvalue weighted by atomic mass is 10.0. The monoisotopic (exact) mass is 281 g/mol. The van der Waals surface area contributed by atoms with Crippen molar-refractivity contribution in [3.05, 3.63) is 12.2 Å². The van der Waals surface area contributed by atoms with Crippen molar-refractivity contribution in [1.82, 2.24) is 0 Å². The van der Waals surface area contributed by atoms with Crippen molar-refractivity contribution in [2.24, 2.45) is 5.92 Å². The molecule has 1 unspecified atom stereocenters. The molecule has 1 aliphatic carbocycles. The maximum absolute atomic E-state index is 4.11. The molecule has 0 aromatic heterocycles. The van der Waals surface area contributed by atoms with Crippen LogP contribution in [0.3, 0.4) is 0 Å². The molecule has 0 aliphatic heterocycles. The van der Waals surface area contributed by atoms with Crippen LogP contribution >= 0.6 is 0 Å². The molecule has 0 radical (unpaired) electrons. The standard InChI is InChI=1S/C10H20N.HI/c1-9-6-5-7-10(9)8-11(2,3)4;/h10H,1,5-8H2,2-4H3;1H/q+1;/p-1. The van der Waals surface area contributed by atoms with Crippen LogP contribution in [0.1, 0.15) is 19.3 Å². The van der Waals surface area contributed by atoms with Crippen molar-refractivity contribution in [1.29, 1.82) is 0 Å². The third-order valence-corrected chi connectivity index (χ3v) is 2.40. The largest absolute Gasteiger partial charge is 1.00 e. The predicted octanol–water partition coefficient (Wildman–Crippen LogP) is -0.947. The summed E-state index contributed by atoms with van der Waals surface area (Å²) >= 11 is 0. The third-order valence-electron chi connectivity index (χ3n) is 2.40. The Hall–Kier alpha value is 0.430. The molecule has 1 atom stereocenters. The van der Waals surface area contributed by atoms with E-state index >= 15 is 0 Å². The Morgan fingerprint density at radius 3 is 2.33 bits per heavy atom. The van der Waals surface area contributed by atoms with E-state index in [-0.39, 0.29) is 24.0 Å². The molecule has 1 saturated carbocycles. The van der Waals surface area contributed by atoms with Crippen LogP contribution in [0, 0.1) is 5.92 Å². The highest BCUT2D eigenvalue weighted by Gasteiger charge is 2.24. The van der Waals surface area contributed by atoms with E-state index in [2.05, 4.69) is 27.7 Å². The van der Waals surface area contributed by atoms with Crippen LogP contribution in [-0.2, 0) is 0 Å². The highest BCUT2D eigenvalue weighted by molar-refractivity contribution is 5.05. The molecule has 1 fully saturated rings. The van der Waals surface area contributed by atoms with Gasteiger partial charge in [0.1, 0.15) is 0 Å². The van der Waals surface area contributed by atoms with E-state index in [0.717, 1.165) is 10.4 Å². The average Bonchev–Trinajstić information content (AvgIpc) is 2.12. The van der Waals surface area contributed by atoms with Gasteiger partial charge in [-0.25, -0.2) is 0 Å². The summed E-state index contributed by atoms with van der Waals surface area (Å²) < 4.78 is 1.07. The van der Waals surface area contributed by atoms with E-state index in [1.807, 2.05) is 0 Å². The van der Waals surface area contributed by atoms with Gasteiger partial charge < -0.3 is 28.5 Å². The number of rotatable bonds is 2. The van der Waals surface area contributed by atoms with Gasteiger partial charge in [-0.3, -0.25) is 0 Å². The second-order valence-corrected chi connectivity index (χ2v) is 4.72. The Morgan fingerprint density at radius 1 is 1.42 bits per heavy atom. The molecule has 1 aliphatic rings. The lowest BCUT2D eigenvalue weighted by Crippen LogP contribution is -3.00. The summed E-state index contributed by atoms with van der Waals surface area (Å²) in [6.45, 7) is 5.37. The van der Waals surface area contributed by atoms with E-state index in [4.69, 9.17) is 0 Å². The minimum atomic E-state index is 0. The molecule has 2 heteroatoms. The number of hydrogen-bond acceptors (Lipinski definition) is 0. The van der Waals surface area contributed by atoms with E-state index < -0.39 is 0 Å². The summed E-state index contributed by atoms with van der Waals surface area (Å²) in [7, 11) is 6.77. The van der Waals surface area contributed by atoms with Crippen LogP contribution in [0.2, 0.25) is 0 Å². The van der Waals surface area contributed by atoms with E-state index in [1.54, 1.807) is 0 Å². The van der Waals surface area contributed by atoms with Crippen LogP contribution in [0.5, 0.6) is 0 Å². The van der Waals surface area contributed by atoms with Crippen LogP contribution in [0.15, 0.2) is 12.2 Å². The van der Waals surface area contributed by atoms with Crippen molar-refractivity contribution in [2.45, 2.75) is 19.3 Å². The second kappa shape index (κ2) is 4.61. The van der Waals surface area contributed by atoms with Gasteiger partial charge in [-0.2, -0.15) is 0 Å². The van der Waals surface area contributed by atoms with Crippen molar-refractivity contribution in [3.63, 3.8) is 0 Å². The van der Waals surface area contributed by atoms with Gasteiger partial charge >= 0.3 is 0 Å². The number of nitrogens with zero attached hydrogens (tertiary/aromatic N) is 1. The molecular weight excluding hydrogens is 261 g/mol. The molecule has 0 N–H and O–H groups in total. The summed E-state index contributed by atoms with van der Waals surface area (Å²) in [4.78, 5) is 0. The zero-order chi connectivity index (χ0) is 8.48. The first-order valence-corrected chi connectivity index (χ1v) is 4.47. The van der Waals surface area contributed by atoms with Gasteiger partial charge in [0.05, 0.1) is 27.7 Å². The van der Waals surface area contributed by atoms with Crippen molar-refractivity contribution >= 4 is 0 Å². The molecule has 0 aromatic rings. The third kappa shape index (κ3) is 3.90. The molecule has 0 aromatic carbocycles. The maximum atomic E-state index is 4.11. The Labute approximate surface area is 93.4 Å². The highest BCUT2D eigenvalue weighted by Crippen LogP contribution is 2.30. The first-order chi connectivity index (χ1) is 4.99. The van der Waals surface area contributed by atoms with Gasteiger partial charge in [0.15, 0.2) is 0 Å². The maximum Gasteiger partial charge on any atom is 0.0846 e. The molecule has 0 bridgehead atoms. The average molecular weight is 281 g/mol. The molecule has 0 spiro atoms. The molecule has 12 heavy (non-hydrogen) atoms. The normalized spacial score (nSPS) is 23.9. The van der Waals surface area contributed by atoms with Gasteiger partial charge in [0.25, 0.3) is 0 Å². The Bertz CT molecular complexity index is 158. The number of hydrogen-bond donors (Lipinski definition) is 0.